The lowest BCUT2D eigenvalue weighted by atomic mass is 10.2. The fourth-order valence-electron chi connectivity index (χ4n) is 1.27. The van der Waals surface area contributed by atoms with E-state index in [2.05, 4.69) is 25.0 Å². The van der Waals surface area contributed by atoms with Crippen LogP contribution in [0.5, 0.6) is 0 Å². The zero-order valence-corrected chi connectivity index (χ0v) is 12.1. The molecule has 0 aliphatic rings. The van der Waals surface area contributed by atoms with Gasteiger partial charge in [0.25, 0.3) is 0 Å². The first-order chi connectivity index (χ1) is 9.67. The molecule has 0 aliphatic carbocycles. The van der Waals surface area contributed by atoms with Crippen molar-refractivity contribution in [3.05, 3.63) is 29.8 Å². The first-order valence-corrected chi connectivity index (χ1v) is 6.87. The summed E-state index contributed by atoms with van der Waals surface area (Å²) < 4.78 is 9.30. The summed E-state index contributed by atoms with van der Waals surface area (Å²) in [7, 11) is 1.34. The molecule has 8 heteroatoms. The van der Waals surface area contributed by atoms with Gasteiger partial charge in [-0.2, -0.15) is 4.83 Å². The molecule has 1 amide bonds. The number of anilines is 1. The molecular formula is C12H17N3O4S. The fourth-order valence-corrected chi connectivity index (χ4v) is 1.74. The number of ether oxygens (including phenoxy) is 2. The van der Waals surface area contributed by atoms with E-state index in [1.807, 2.05) is 6.07 Å². The van der Waals surface area contributed by atoms with Crippen molar-refractivity contribution in [2.45, 2.75) is 6.92 Å². The lowest BCUT2D eigenvalue weighted by molar-refractivity contribution is 0.0600. The quantitative estimate of drug-likeness (QED) is 0.232. The van der Waals surface area contributed by atoms with Gasteiger partial charge in [-0.25, -0.2) is 15.0 Å². The van der Waals surface area contributed by atoms with Crippen LogP contribution < -0.4 is 15.6 Å². The molecule has 0 unspecified atom stereocenters. The average Bonchev–Trinajstić information content (AvgIpc) is 2.46. The summed E-state index contributed by atoms with van der Waals surface area (Å²) >= 11 is 1.23. The minimum atomic E-state index is -0.535. The summed E-state index contributed by atoms with van der Waals surface area (Å²) in [5.41, 5.74) is 3.59. The minimum absolute atomic E-state index is 0.316. The van der Waals surface area contributed by atoms with Crippen LogP contribution in [0.1, 0.15) is 17.3 Å². The van der Waals surface area contributed by atoms with E-state index >= 15 is 0 Å². The highest BCUT2D eigenvalue weighted by Gasteiger charge is 2.05. The van der Waals surface area contributed by atoms with Gasteiger partial charge in [0, 0.05) is 5.69 Å². The standard InChI is InChI=1S/C12H17N3O4S/c1-3-19-12(17)14-15-20-8-13-10-6-4-5-9(7-10)11(16)18-2/h4-7,13,15H,3,8H2,1-2H3,(H,14,17). The Balaban J connectivity index is 2.28. The van der Waals surface area contributed by atoms with Crippen LogP contribution in [0, 0.1) is 0 Å². The highest BCUT2D eigenvalue weighted by atomic mass is 32.2. The van der Waals surface area contributed by atoms with Crippen LogP contribution in [0.25, 0.3) is 0 Å². The second-order valence-corrected chi connectivity index (χ2v) is 4.27. The predicted molar refractivity (Wildman–Crippen MR) is 77.2 cm³/mol. The Morgan fingerprint density at radius 2 is 2.15 bits per heavy atom. The van der Waals surface area contributed by atoms with E-state index in [0.29, 0.717) is 18.0 Å². The Morgan fingerprint density at radius 3 is 2.85 bits per heavy atom. The van der Waals surface area contributed by atoms with Gasteiger partial charge in [0.1, 0.15) is 0 Å². The van der Waals surface area contributed by atoms with Crippen LogP contribution in [0.4, 0.5) is 10.5 Å². The summed E-state index contributed by atoms with van der Waals surface area (Å²) in [5.74, 6) is 0.0974. The first-order valence-electron chi connectivity index (χ1n) is 5.89. The molecule has 0 spiro atoms. The maximum Gasteiger partial charge on any atom is 0.422 e. The molecule has 20 heavy (non-hydrogen) atoms. The van der Waals surface area contributed by atoms with Gasteiger partial charge >= 0.3 is 12.1 Å². The molecule has 0 bridgehead atoms. The molecule has 0 radical (unpaired) electrons. The van der Waals surface area contributed by atoms with Crippen molar-refractivity contribution in [3.8, 4) is 0 Å². The third kappa shape index (κ3) is 5.81. The number of carbonyl (C=O) groups is 2. The summed E-state index contributed by atoms with van der Waals surface area (Å²) in [4.78, 5) is 24.9. The van der Waals surface area contributed by atoms with Crippen LogP contribution in [0.2, 0.25) is 0 Å². The second-order valence-electron chi connectivity index (χ2n) is 3.49. The number of esters is 1. The Hall–Kier alpha value is -1.93. The molecule has 0 atom stereocenters. The van der Waals surface area contributed by atoms with Gasteiger partial charge in [-0.15, -0.1) is 0 Å². The molecule has 0 saturated carbocycles. The highest BCUT2D eigenvalue weighted by molar-refractivity contribution is 7.97. The predicted octanol–water partition coefficient (Wildman–Crippen LogP) is 1.74. The van der Waals surface area contributed by atoms with Gasteiger partial charge in [-0.1, -0.05) is 6.07 Å². The number of rotatable bonds is 7. The molecule has 3 N–H and O–H groups in total. The van der Waals surface area contributed by atoms with Crippen molar-refractivity contribution >= 4 is 29.7 Å². The van der Waals surface area contributed by atoms with Gasteiger partial charge in [0.15, 0.2) is 0 Å². The molecule has 1 aromatic carbocycles. The topological polar surface area (TPSA) is 88.7 Å². The van der Waals surface area contributed by atoms with Crippen molar-refractivity contribution in [2.75, 3.05) is 24.9 Å². The van der Waals surface area contributed by atoms with E-state index < -0.39 is 6.09 Å². The number of hydrogen-bond acceptors (Lipinski definition) is 7. The summed E-state index contributed by atoms with van der Waals surface area (Å²) in [6.45, 7) is 2.04. The minimum Gasteiger partial charge on any atom is -0.465 e. The molecule has 7 nitrogen and oxygen atoms in total. The van der Waals surface area contributed by atoms with E-state index in [0.717, 1.165) is 5.69 Å². The maximum atomic E-state index is 11.3. The molecular weight excluding hydrogens is 282 g/mol. The van der Waals surface area contributed by atoms with E-state index in [-0.39, 0.29) is 5.97 Å². The average molecular weight is 299 g/mol. The van der Waals surface area contributed by atoms with E-state index in [1.54, 1.807) is 25.1 Å². The summed E-state index contributed by atoms with van der Waals surface area (Å²) in [6.07, 6.45) is -0.535. The molecule has 110 valence electrons. The lowest BCUT2D eigenvalue weighted by Gasteiger charge is -2.09. The van der Waals surface area contributed by atoms with Crippen LogP contribution in [-0.2, 0) is 9.47 Å². The SMILES string of the molecule is CCOC(=O)NNSCNc1cccc(C(=O)OC)c1. The molecule has 0 fully saturated rings. The third-order valence-corrected chi connectivity index (χ3v) is 2.67. The zero-order valence-electron chi connectivity index (χ0n) is 11.3. The van der Waals surface area contributed by atoms with Crippen molar-refractivity contribution in [1.29, 1.82) is 0 Å². The number of methoxy groups -OCH3 is 1. The van der Waals surface area contributed by atoms with Gasteiger partial charge in [-0.3, -0.25) is 0 Å². The smallest absolute Gasteiger partial charge is 0.422 e. The Morgan fingerprint density at radius 1 is 1.35 bits per heavy atom. The number of carbonyl (C=O) groups excluding carboxylic acids is 2. The summed E-state index contributed by atoms with van der Waals surface area (Å²) in [5, 5.41) is 3.07. The van der Waals surface area contributed by atoms with Crippen molar-refractivity contribution < 1.29 is 19.1 Å². The number of amides is 1. The van der Waals surface area contributed by atoms with Crippen LogP contribution in [0.15, 0.2) is 24.3 Å². The van der Waals surface area contributed by atoms with E-state index in [9.17, 15) is 9.59 Å². The molecule has 1 aromatic rings. The number of hydrogen-bond donors (Lipinski definition) is 3. The molecule has 0 aromatic heterocycles. The summed E-state index contributed by atoms with van der Waals surface area (Å²) in [6, 6.07) is 6.94. The molecule has 0 aliphatic heterocycles. The second kappa shape index (κ2) is 9.05. The van der Waals surface area contributed by atoms with Gasteiger partial charge < -0.3 is 14.8 Å². The maximum absolute atomic E-state index is 11.3. The van der Waals surface area contributed by atoms with Crippen molar-refractivity contribution in [3.63, 3.8) is 0 Å². The van der Waals surface area contributed by atoms with Crippen molar-refractivity contribution in [1.82, 2.24) is 10.3 Å². The van der Waals surface area contributed by atoms with Crippen molar-refractivity contribution in [2.24, 2.45) is 0 Å². The number of nitrogens with one attached hydrogen (secondary N) is 3. The van der Waals surface area contributed by atoms with Crippen LogP contribution in [-0.4, -0.2) is 31.7 Å². The van der Waals surface area contributed by atoms with Gasteiger partial charge in [-0.05, 0) is 37.1 Å². The molecule has 0 heterocycles. The normalized spacial score (nSPS) is 9.70. The zero-order chi connectivity index (χ0) is 14.8. The number of benzene rings is 1. The van der Waals surface area contributed by atoms with E-state index in [4.69, 9.17) is 0 Å². The first kappa shape index (κ1) is 16.1. The Bertz CT molecular complexity index is 456. The molecule has 0 saturated heterocycles. The highest BCUT2D eigenvalue weighted by Crippen LogP contribution is 2.12. The Kier molecular flexibility index (Phi) is 7.30. The largest absolute Gasteiger partial charge is 0.465 e. The molecule has 1 rings (SSSR count). The fraction of sp³-hybridized carbons (Fsp3) is 0.333. The van der Waals surface area contributed by atoms with E-state index in [1.165, 1.54) is 19.1 Å². The Labute approximate surface area is 121 Å². The lowest BCUT2D eigenvalue weighted by Crippen LogP contribution is -2.33. The van der Waals surface area contributed by atoms with Gasteiger partial charge in [0.2, 0.25) is 0 Å². The van der Waals surface area contributed by atoms with Crippen LogP contribution in [0.3, 0.4) is 0 Å². The third-order valence-electron chi connectivity index (χ3n) is 2.13. The van der Waals surface area contributed by atoms with Gasteiger partial charge in [0.05, 0.1) is 25.2 Å². The monoisotopic (exact) mass is 299 g/mol. The van der Waals surface area contributed by atoms with Crippen LogP contribution >= 0.6 is 11.9 Å². The number of hydrazine groups is 1.